The monoisotopic (exact) mass is 300 g/mol. The first-order valence-corrected chi connectivity index (χ1v) is 8.49. The summed E-state index contributed by atoms with van der Waals surface area (Å²) in [6.45, 7) is 5.82. The van der Waals surface area contributed by atoms with Crippen LogP contribution >= 0.6 is 11.3 Å². The Morgan fingerprint density at radius 1 is 1.38 bits per heavy atom. The molecular formula is C17H20N2OS. The van der Waals surface area contributed by atoms with Crippen molar-refractivity contribution in [3.8, 4) is 0 Å². The molecule has 2 heterocycles. The SMILES string of the molecule is Cc1nc(CN2CCO[C@@]3(CCc4ccccc43)C2)cs1. The zero-order valence-electron chi connectivity index (χ0n) is 12.3. The Bertz CT molecular complexity index is 650. The lowest BCUT2D eigenvalue weighted by Gasteiger charge is -2.41. The summed E-state index contributed by atoms with van der Waals surface area (Å²) < 4.78 is 6.27. The van der Waals surface area contributed by atoms with E-state index in [4.69, 9.17) is 4.74 Å². The van der Waals surface area contributed by atoms with Gasteiger partial charge >= 0.3 is 0 Å². The van der Waals surface area contributed by atoms with E-state index in [-0.39, 0.29) is 5.60 Å². The molecule has 1 aromatic carbocycles. The number of benzene rings is 1. The van der Waals surface area contributed by atoms with Crippen molar-refractivity contribution >= 4 is 11.3 Å². The molecule has 1 aromatic heterocycles. The molecule has 0 N–H and O–H groups in total. The average molecular weight is 300 g/mol. The van der Waals surface area contributed by atoms with Gasteiger partial charge in [-0.25, -0.2) is 4.98 Å². The number of hydrogen-bond acceptors (Lipinski definition) is 4. The molecule has 1 fully saturated rings. The quantitative estimate of drug-likeness (QED) is 0.852. The van der Waals surface area contributed by atoms with E-state index >= 15 is 0 Å². The van der Waals surface area contributed by atoms with Gasteiger partial charge in [0.1, 0.15) is 5.60 Å². The first-order valence-electron chi connectivity index (χ1n) is 7.61. The number of fused-ring (bicyclic) bond motifs is 2. The van der Waals surface area contributed by atoms with Crippen LogP contribution in [-0.2, 0) is 23.3 Å². The van der Waals surface area contributed by atoms with Crippen LogP contribution in [0.2, 0.25) is 0 Å². The van der Waals surface area contributed by atoms with E-state index in [1.807, 2.05) is 0 Å². The minimum Gasteiger partial charge on any atom is -0.368 e. The maximum absolute atomic E-state index is 6.27. The molecule has 2 aliphatic rings. The van der Waals surface area contributed by atoms with Crippen molar-refractivity contribution in [3.05, 3.63) is 51.5 Å². The van der Waals surface area contributed by atoms with Gasteiger partial charge in [0.25, 0.3) is 0 Å². The fourth-order valence-electron chi connectivity index (χ4n) is 3.67. The summed E-state index contributed by atoms with van der Waals surface area (Å²) in [7, 11) is 0. The molecule has 0 amide bonds. The molecule has 1 atom stereocenters. The lowest BCUT2D eigenvalue weighted by Crippen LogP contribution is -2.48. The van der Waals surface area contributed by atoms with Gasteiger partial charge in [-0.1, -0.05) is 24.3 Å². The van der Waals surface area contributed by atoms with Crippen LogP contribution in [0.15, 0.2) is 29.6 Å². The predicted molar refractivity (Wildman–Crippen MR) is 84.5 cm³/mol. The van der Waals surface area contributed by atoms with E-state index in [9.17, 15) is 0 Å². The Morgan fingerprint density at radius 3 is 3.14 bits per heavy atom. The normalized spacial score (nSPS) is 25.4. The number of thiazole rings is 1. The number of ether oxygens (including phenoxy) is 1. The highest BCUT2D eigenvalue weighted by Crippen LogP contribution is 2.42. The molecule has 110 valence electrons. The minimum atomic E-state index is -0.0834. The highest BCUT2D eigenvalue weighted by Gasteiger charge is 2.43. The molecule has 1 aliphatic heterocycles. The van der Waals surface area contributed by atoms with Gasteiger partial charge in [-0.05, 0) is 30.9 Å². The number of aromatic nitrogens is 1. The molecule has 3 nitrogen and oxygen atoms in total. The van der Waals surface area contributed by atoms with Crippen molar-refractivity contribution in [1.82, 2.24) is 9.88 Å². The number of hydrogen-bond donors (Lipinski definition) is 0. The van der Waals surface area contributed by atoms with Crippen LogP contribution in [0.1, 0.15) is 28.2 Å². The zero-order chi connectivity index (χ0) is 14.3. The van der Waals surface area contributed by atoms with Crippen LogP contribution in [0, 0.1) is 6.92 Å². The first-order chi connectivity index (χ1) is 10.3. The lowest BCUT2D eigenvalue weighted by atomic mass is 9.93. The average Bonchev–Trinajstić information content (AvgIpc) is 3.05. The maximum Gasteiger partial charge on any atom is 0.106 e. The summed E-state index contributed by atoms with van der Waals surface area (Å²) >= 11 is 1.74. The summed E-state index contributed by atoms with van der Waals surface area (Å²) in [6, 6.07) is 8.77. The first kappa shape index (κ1) is 13.4. The Hall–Kier alpha value is -1.23. The second kappa shape index (κ2) is 5.20. The molecule has 0 saturated carbocycles. The van der Waals surface area contributed by atoms with Crippen LogP contribution in [0.4, 0.5) is 0 Å². The van der Waals surface area contributed by atoms with Crippen molar-refractivity contribution in [2.75, 3.05) is 19.7 Å². The molecule has 4 heteroatoms. The third kappa shape index (κ3) is 2.41. The number of nitrogens with zero attached hydrogens (tertiary/aromatic N) is 2. The molecule has 0 bridgehead atoms. The Labute approximate surface area is 129 Å². The fourth-order valence-corrected chi connectivity index (χ4v) is 4.27. The number of rotatable bonds is 2. The van der Waals surface area contributed by atoms with Gasteiger partial charge < -0.3 is 4.74 Å². The fraction of sp³-hybridized carbons (Fsp3) is 0.471. The second-order valence-corrected chi connectivity index (χ2v) is 7.13. The smallest absolute Gasteiger partial charge is 0.106 e. The minimum absolute atomic E-state index is 0.0834. The van der Waals surface area contributed by atoms with Gasteiger partial charge in [-0.15, -0.1) is 11.3 Å². The van der Waals surface area contributed by atoms with Crippen LogP contribution in [0.5, 0.6) is 0 Å². The van der Waals surface area contributed by atoms with Crippen LogP contribution in [-0.4, -0.2) is 29.6 Å². The van der Waals surface area contributed by atoms with Gasteiger partial charge in [0, 0.05) is 25.0 Å². The second-order valence-electron chi connectivity index (χ2n) is 6.07. The molecule has 21 heavy (non-hydrogen) atoms. The molecule has 2 aromatic rings. The van der Waals surface area contributed by atoms with E-state index in [1.165, 1.54) is 16.8 Å². The van der Waals surface area contributed by atoms with Gasteiger partial charge in [0.05, 0.1) is 17.3 Å². The largest absolute Gasteiger partial charge is 0.368 e. The van der Waals surface area contributed by atoms with Gasteiger partial charge in [0.15, 0.2) is 0 Å². The van der Waals surface area contributed by atoms with Crippen molar-refractivity contribution in [2.24, 2.45) is 0 Å². The van der Waals surface area contributed by atoms with E-state index in [0.717, 1.165) is 44.1 Å². The molecule has 1 aliphatic carbocycles. The highest BCUT2D eigenvalue weighted by atomic mass is 32.1. The van der Waals surface area contributed by atoms with Crippen molar-refractivity contribution in [3.63, 3.8) is 0 Å². The zero-order valence-corrected chi connectivity index (χ0v) is 13.2. The molecule has 1 spiro atoms. The van der Waals surface area contributed by atoms with Gasteiger partial charge in [0.2, 0.25) is 0 Å². The van der Waals surface area contributed by atoms with E-state index in [2.05, 4.69) is 46.5 Å². The van der Waals surface area contributed by atoms with E-state index in [1.54, 1.807) is 11.3 Å². The van der Waals surface area contributed by atoms with Gasteiger partial charge in [-0.3, -0.25) is 4.90 Å². The summed E-state index contributed by atoms with van der Waals surface area (Å²) in [6.07, 6.45) is 2.25. The van der Waals surface area contributed by atoms with Crippen molar-refractivity contribution < 1.29 is 4.74 Å². The highest BCUT2D eigenvalue weighted by molar-refractivity contribution is 7.09. The Morgan fingerprint density at radius 2 is 2.29 bits per heavy atom. The van der Waals surface area contributed by atoms with E-state index < -0.39 is 0 Å². The Kier molecular flexibility index (Phi) is 3.32. The van der Waals surface area contributed by atoms with Gasteiger partial charge in [-0.2, -0.15) is 0 Å². The summed E-state index contributed by atoms with van der Waals surface area (Å²) in [4.78, 5) is 7.10. The van der Waals surface area contributed by atoms with Crippen LogP contribution < -0.4 is 0 Å². The third-order valence-electron chi connectivity index (χ3n) is 4.62. The molecule has 0 radical (unpaired) electrons. The van der Waals surface area contributed by atoms with Crippen molar-refractivity contribution in [2.45, 2.75) is 31.9 Å². The summed E-state index contributed by atoms with van der Waals surface area (Å²) in [5, 5.41) is 3.33. The van der Waals surface area contributed by atoms with Crippen molar-refractivity contribution in [1.29, 1.82) is 0 Å². The Balaban J connectivity index is 1.56. The third-order valence-corrected chi connectivity index (χ3v) is 5.45. The molecule has 4 rings (SSSR count). The van der Waals surface area contributed by atoms with E-state index in [0.29, 0.717) is 0 Å². The summed E-state index contributed by atoms with van der Waals surface area (Å²) in [5.41, 5.74) is 3.98. The topological polar surface area (TPSA) is 25.4 Å². The number of morpholine rings is 1. The predicted octanol–water partition coefficient (Wildman–Crippen LogP) is 3.13. The molecular weight excluding hydrogens is 280 g/mol. The molecule has 0 unspecified atom stereocenters. The number of aryl methyl sites for hydroxylation is 2. The van der Waals surface area contributed by atoms with Crippen LogP contribution in [0.3, 0.4) is 0 Å². The van der Waals surface area contributed by atoms with Crippen LogP contribution in [0.25, 0.3) is 0 Å². The maximum atomic E-state index is 6.27. The standard InChI is InChI=1S/C17H20N2OS/c1-13-18-15(11-21-13)10-19-8-9-20-17(12-19)7-6-14-4-2-3-5-16(14)17/h2-5,11H,6-10,12H2,1H3/t17-/m0/s1. The molecule has 1 saturated heterocycles. The summed E-state index contributed by atoms with van der Waals surface area (Å²) in [5.74, 6) is 0. The lowest BCUT2D eigenvalue weighted by molar-refractivity contribution is -0.116.